The number of carbonyl (C=O) groups excluding carboxylic acids is 1. The molecule has 0 saturated carbocycles. The number of hydrogen-bond acceptors (Lipinski definition) is 4. The van der Waals surface area contributed by atoms with Crippen LogP contribution in [0.4, 0.5) is 0 Å². The highest BCUT2D eigenvalue weighted by Crippen LogP contribution is 2.35. The molecule has 2 atom stereocenters. The molecule has 0 aromatic heterocycles. The molecule has 1 aliphatic carbocycles. The molecule has 106 valence electrons. The second-order valence-corrected chi connectivity index (χ2v) is 4.96. The summed E-state index contributed by atoms with van der Waals surface area (Å²) in [4.78, 5) is 25.2. The van der Waals surface area contributed by atoms with Gasteiger partial charge in [0.1, 0.15) is 0 Å². The van der Waals surface area contributed by atoms with Gasteiger partial charge in [-0.15, -0.1) is 0 Å². The Kier molecular flexibility index (Phi) is 4.89. The number of aliphatic carboxylic acids is 1. The number of likely N-dealkylation sites (N-methyl/N-ethyl adjacent to an activating group) is 1. The number of nitrogens with zero attached hydrogens (tertiary/aromatic N) is 1. The zero-order valence-electron chi connectivity index (χ0n) is 11.8. The fourth-order valence-corrected chi connectivity index (χ4v) is 2.19. The minimum absolute atomic E-state index is 0.193. The largest absolute Gasteiger partial charge is 0.478 e. The van der Waals surface area contributed by atoms with Gasteiger partial charge in [0.2, 0.25) is 0 Å². The zero-order chi connectivity index (χ0) is 14.6. The summed E-state index contributed by atoms with van der Waals surface area (Å²) in [5, 5.41) is 9.32. The molecule has 5 heteroatoms. The van der Waals surface area contributed by atoms with Crippen LogP contribution in [0, 0.1) is 5.92 Å². The number of carboxylic acid groups (broad SMARTS) is 1. The average molecular weight is 267 g/mol. The van der Waals surface area contributed by atoms with Crippen LogP contribution in [0.25, 0.3) is 0 Å². The lowest BCUT2D eigenvalue weighted by Crippen LogP contribution is -2.54. The third-order valence-corrected chi connectivity index (χ3v) is 3.58. The van der Waals surface area contributed by atoms with Crippen LogP contribution in [0.5, 0.6) is 0 Å². The summed E-state index contributed by atoms with van der Waals surface area (Å²) in [7, 11) is 3.52. The first-order chi connectivity index (χ1) is 8.85. The first-order valence-electron chi connectivity index (χ1n) is 6.32. The second-order valence-electron chi connectivity index (χ2n) is 4.96. The van der Waals surface area contributed by atoms with E-state index in [1.54, 1.807) is 38.1 Å². The molecule has 0 bridgehead atoms. The molecule has 0 fully saturated rings. The van der Waals surface area contributed by atoms with E-state index >= 15 is 0 Å². The third-order valence-electron chi connectivity index (χ3n) is 3.58. The molecular formula is C14H21NO4. The van der Waals surface area contributed by atoms with E-state index in [9.17, 15) is 14.7 Å². The molecule has 0 saturated heterocycles. The Morgan fingerprint density at radius 1 is 1.47 bits per heavy atom. The lowest BCUT2D eigenvalue weighted by atomic mass is 9.75. The van der Waals surface area contributed by atoms with Crippen LogP contribution in [0.1, 0.15) is 20.3 Å². The van der Waals surface area contributed by atoms with Crippen LogP contribution in [0.15, 0.2) is 23.8 Å². The summed E-state index contributed by atoms with van der Waals surface area (Å²) in [5.74, 6) is -2.03. The molecule has 0 aliphatic heterocycles. The fraction of sp³-hybridized carbons (Fsp3) is 0.571. The Morgan fingerprint density at radius 2 is 2.11 bits per heavy atom. The average Bonchev–Trinajstić information content (AvgIpc) is 2.35. The van der Waals surface area contributed by atoms with Gasteiger partial charge in [-0.3, -0.25) is 9.69 Å². The maximum atomic E-state index is 12.1. The maximum Gasteiger partial charge on any atom is 0.333 e. The highest BCUT2D eigenvalue weighted by atomic mass is 16.5. The molecule has 19 heavy (non-hydrogen) atoms. The minimum Gasteiger partial charge on any atom is -0.478 e. The summed E-state index contributed by atoms with van der Waals surface area (Å²) in [5.41, 5.74) is -0.718. The number of allylic oxidation sites excluding steroid dienone is 2. The van der Waals surface area contributed by atoms with E-state index in [1.807, 2.05) is 6.92 Å². The number of esters is 1. The topological polar surface area (TPSA) is 66.8 Å². The normalized spacial score (nSPS) is 26.2. The van der Waals surface area contributed by atoms with E-state index in [1.165, 1.54) is 6.08 Å². The number of carbonyl (C=O) groups is 2. The molecule has 2 unspecified atom stereocenters. The van der Waals surface area contributed by atoms with E-state index in [4.69, 9.17) is 4.74 Å². The monoisotopic (exact) mass is 267 g/mol. The summed E-state index contributed by atoms with van der Waals surface area (Å²) in [6.45, 7) is 4.00. The predicted octanol–water partition coefficient (Wildman–Crippen LogP) is 1.46. The van der Waals surface area contributed by atoms with Crippen LogP contribution < -0.4 is 0 Å². The van der Waals surface area contributed by atoms with Gasteiger partial charge < -0.3 is 9.84 Å². The van der Waals surface area contributed by atoms with Crippen molar-refractivity contribution in [2.75, 3.05) is 20.7 Å². The molecule has 1 N–H and O–H groups in total. The van der Waals surface area contributed by atoms with Crippen molar-refractivity contribution in [2.24, 2.45) is 5.92 Å². The molecule has 0 aromatic rings. The number of ether oxygens (including phenoxy) is 1. The van der Waals surface area contributed by atoms with Gasteiger partial charge in [-0.25, -0.2) is 4.79 Å². The SMILES string of the molecule is CCCOC(=O)C1C=CC=C(C(=O)O)C1(C)N(C)C. The molecule has 5 nitrogen and oxygen atoms in total. The van der Waals surface area contributed by atoms with Gasteiger partial charge in [0.25, 0.3) is 0 Å². The van der Waals surface area contributed by atoms with E-state index in [2.05, 4.69) is 0 Å². The van der Waals surface area contributed by atoms with Crippen molar-refractivity contribution in [1.29, 1.82) is 0 Å². The van der Waals surface area contributed by atoms with Crippen molar-refractivity contribution in [3.05, 3.63) is 23.8 Å². The highest BCUT2D eigenvalue weighted by Gasteiger charge is 2.47. The van der Waals surface area contributed by atoms with Crippen molar-refractivity contribution >= 4 is 11.9 Å². The summed E-state index contributed by atoms with van der Waals surface area (Å²) >= 11 is 0. The molecule has 0 radical (unpaired) electrons. The van der Waals surface area contributed by atoms with Crippen LogP contribution in [0.3, 0.4) is 0 Å². The second kappa shape index (κ2) is 6.02. The number of hydrogen-bond donors (Lipinski definition) is 1. The van der Waals surface area contributed by atoms with E-state index in [0.29, 0.717) is 6.61 Å². The Balaban J connectivity index is 3.11. The minimum atomic E-state index is -1.02. The van der Waals surface area contributed by atoms with Gasteiger partial charge in [-0.2, -0.15) is 0 Å². The Morgan fingerprint density at radius 3 is 2.58 bits per heavy atom. The van der Waals surface area contributed by atoms with E-state index in [0.717, 1.165) is 6.42 Å². The number of carboxylic acids is 1. The first kappa shape index (κ1) is 15.4. The molecular weight excluding hydrogens is 246 g/mol. The van der Waals surface area contributed by atoms with Gasteiger partial charge in [-0.1, -0.05) is 25.2 Å². The molecule has 0 heterocycles. The number of rotatable bonds is 5. The molecule has 0 spiro atoms. The lowest BCUT2D eigenvalue weighted by Gasteiger charge is -2.42. The summed E-state index contributed by atoms with van der Waals surface area (Å²) in [6.07, 6.45) is 5.57. The van der Waals surface area contributed by atoms with Crippen molar-refractivity contribution < 1.29 is 19.4 Å². The van der Waals surface area contributed by atoms with Crippen molar-refractivity contribution in [3.63, 3.8) is 0 Å². The van der Waals surface area contributed by atoms with Gasteiger partial charge in [0.05, 0.1) is 23.6 Å². The molecule has 0 amide bonds. The molecule has 1 rings (SSSR count). The highest BCUT2D eigenvalue weighted by molar-refractivity contribution is 5.93. The smallest absolute Gasteiger partial charge is 0.333 e. The van der Waals surface area contributed by atoms with Crippen molar-refractivity contribution in [2.45, 2.75) is 25.8 Å². The van der Waals surface area contributed by atoms with Crippen LogP contribution >= 0.6 is 0 Å². The van der Waals surface area contributed by atoms with Crippen molar-refractivity contribution in [1.82, 2.24) is 4.90 Å². The molecule has 1 aliphatic rings. The summed E-state index contributed by atoms with van der Waals surface area (Å²) < 4.78 is 5.17. The van der Waals surface area contributed by atoms with Gasteiger partial charge in [-0.05, 0) is 27.4 Å². The fourth-order valence-electron chi connectivity index (χ4n) is 2.19. The standard InChI is InChI=1S/C14H21NO4/c1-5-9-19-13(18)11-8-6-7-10(12(16)17)14(11,2)15(3)4/h6-8,11H,5,9H2,1-4H3,(H,16,17). The molecule has 0 aromatic carbocycles. The van der Waals surface area contributed by atoms with Gasteiger partial charge in [0.15, 0.2) is 0 Å². The van der Waals surface area contributed by atoms with Crippen molar-refractivity contribution in [3.8, 4) is 0 Å². The van der Waals surface area contributed by atoms with E-state index < -0.39 is 17.4 Å². The van der Waals surface area contributed by atoms with Crippen LogP contribution in [-0.2, 0) is 14.3 Å². The Labute approximate surface area is 113 Å². The summed E-state index contributed by atoms with van der Waals surface area (Å²) in [6, 6.07) is 0. The Bertz CT molecular complexity index is 425. The first-order valence-corrected chi connectivity index (χ1v) is 6.32. The predicted molar refractivity (Wildman–Crippen MR) is 71.7 cm³/mol. The quantitative estimate of drug-likeness (QED) is 0.764. The maximum absolute atomic E-state index is 12.1. The zero-order valence-corrected chi connectivity index (χ0v) is 11.8. The van der Waals surface area contributed by atoms with Gasteiger partial charge >= 0.3 is 11.9 Å². The van der Waals surface area contributed by atoms with Crippen LogP contribution in [-0.4, -0.2) is 48.2 Å². The van der Waals surface area contributed by atoms with Gasteiger partial charge in [0, 0.05) is 0 Å². The third kappa shape index (κ3) is 2.87. The Hall–Kier alpha value is -1.62. The lowest BCUT2D eigenvalue weighted by molar-refractivity contribution is -0.150. The van der Waals surface area contributed by atoms with Crippen LogP contribution in [0.2, 0.25) is 0 Å². The van der Waals surface area contributed by atoms with E-state index in [-0.39, 0.29) is 11.5 Å².